The highest BCUT2D eigenvalue weighted by atomic mass is 16.2. The van der Waals surface area contributed by atoms with E-state index in [1.54, 1.807) is 0 Å². The van der Waals surface area contributed by atoms with Gasteiger partial charge < -0.3 is 20.0 Å². The summed E-state index contributed by atoms with van der Waals surface area (Å²) in [4.78, 5) is 41.0. The third kappa shape index (κ3) is 3.34. The first-order valence-electron chi connectivity index (χ1n) is 7.60. The van der Waals surface area contributed by atoms with Gasteiger partial charge >= 0.3 is 11.8 Å². The van der Waals surface area contributed by atoms with Crippen molar-refractivity contribution in [3.63, 3.8) is 0 Å². The van der Waals surface area contributed by atoms with Gasteiger partial charge in [-0.25, -0.2) is 0 Å². The van der Waals surface area contributed by atoms with Gasteiger partial charge in [0.15, 0.2) is 0 Å². The summed E-state index contributed by atoms with van der Waals surface area (Å²) in [5, 5.41) is 3.09. The van der Waals surface area contributed by atoms with Gasteiger partial charge in [0.1, 0.15) is 6.54 Å². The Kier molecular flexibility index (Phi) is 5.17. The van der Waals surface area contributed by atoms with Crippen molar-refractivity contribution in [1.82, 2.24) is 20.0 Å². The van der Waals surface area contributed by atoms with Gasteiger partial charge in [0, 0.05) is 38.8 Å². The number of carbonyl (C=O) groups is 3. The average Bonchev–Trinajstić information content (AvgIpc) is 2.93. The van der Waals surface area contributed by atoms with Crippen molar-refractivity contribution in [2.24, 2.45) is 0 Å². The van der Waals surface area contributed by atoms with Crippen LogP contribution in [-0.2, 0) is 14.4 Å². The molecular formula is C14H24N4O3. The molecule has 0 radical (unpaired) electrons. The quantitative estimate of drug-likeness (QED) is 0.653. The van der Waals surface area contributed by atoms with Gasteiger partial charge in [-0.1, -0.05) is 0 Å². The summed E-state index contributed by atoms with van der Waals surface area (Å²) in [5.74, 6) is -1.11. The van der Waals surface area contributed by atoms with Crippen LogP contribution in [0.4, 0.5) is 0 Å². The third-order valence-corrected chi connectivity index (χ3v) is 4.24. The van der Waals surface area contributed by atoms with Crippen LogP contribution in [0.3, 0.4) is 0 Å². The first-order valence-corrected chi connectivity index (χ1v) is 7.60. The summed E-state index contributed by atoms with van der Waals surface area (Å²) in [6, 6.07) is 0.199. The summed E-state index contributed by atoms with van der Waals surface area (Å²) >= 11 is 0. The Labute approximate surface area is 125 Å². The molecule has 2 rings (SSSR count). The number of hydrogen-bond acceptors (Lipinski definition) is 4. The highest BCUT2D eigenvalue weighted by molar-refractivity contribution is 6.35. The molecule has 3 amide bonds. The van der Waals surface area contributed by atoms with Crippen LogP contribution in [-0.4, -0.2) is 84.8 Å². The Bertz CT molecular complexity index is 426. The highest BCUT2D eigenvalue weighted by Crippen LogP contribution is 2.17. The lowest BCUT2D eigenvalue weighted by atomic mass is 10.2. The van der Waals surface area contributed by atoms with Gasteiger partial charge in [-0.2, -0.15) is 0 Å². The monoisotopic (exact) mass is 296 g/mol. The second kappa shape index (κ2) is 6.89. The molecule has 0 aromatic heterocycles. The van der Waals surface area contributed by atoms with Crippen molar-refractivity contribution in [3.05, 3.63) is 0 Å². The number of rotatable bonds is 5. The summed E-state index contributed by atoms with van der Waals surface area (Å²) in [6.07, 6.45) is 1.98. The number of likely N-dealkylation sites (tertiary alicyclic amines) is 1. The maximum atomic E-state index is 12.4. The van der Waals surface area contributed by atoms with Gasteiger partial charge in [-0.3, -0.25) is 14.4 Å². The number of amides is 3. The summed E-state index contributed by atoms with van der Waals surface area (Å²) < 4.78 is 0. The topological polar surface area (TPSA) is 73.0 Å². The lowest BCUT2D eigenvalue weighted by Crippen LogP contribution is -2.57. The average molecular weight is 296 g/mol. The van der Waals surface area contributed by atoms with E-state index in [-0.39, 0.29) is 18.5 Å². The van der Waals surface area contributed by atoms with Crippen LogP contribution >= 0.6 is 0 Å². The molecule has 0 saturated carbocycles. The van der Waals surface area contributed by atoms with E-state index in [1.165, 1.54) is 9.80 Å². The van der Waals surface area contributed by atoms with Crippen LogP contribution in [0.1, 0.15) is 19.8 Å². The molecule has 21 heavy (non-hydrogen) atoms. The second-order valence-corrected chi connectivity index (χ2v) is 5.55. The molecule has 2 heterocycles. The molecule has 7 heteroatoms. The van der Waals surface area contributed by atoms with Gasteiger partial charge in [0.25, 0.3) is 0 Å². The largest absolute Gasteiger partial charge is 0.337 e. The third-order valence-electron chi connectivity index (χ3n) is 4.24. The predicted molar refractivity (Wildman–Crippen MR) is 77.5 cm³/mol. The number of hydrogen-bond donors (Lipinski definition) is 1. The fourth-order valence-electron chi connectivity index (χ4n) is 3.03. The zero-order valence-corrected chi connectivity index (χ0v) is 12.8. The highest BCUT2D eigenvalue weighted by Gasteiger charge is 2.35. The Balaban J connectivity index is 1.93. The predicted octanol–water partition coefficient (Wildman–Crippen LogP) is -1.11. The molecule has 7 nitrogen and oxygen atoms in total. The zero-order chi connectivity index (χ0) is 15.4. The second-order valence-electron chi connectivity index (χ2n) is 5.55. The van der Waals surface area contributed by atoms with Crippen molar-refractivity contribution >= 4 is 17.7 Å². The summed E-state index contributed by atoms with van der Waals surface area (Å²) in [5.41, 5.74) is 0. The van der Waals surface area contributed by atoms with Crippen molar-refractivity contribution in [2.45, 2.75) is 25.8 Å². The smallest absolute Gasteiger partial charge is 0.312 e. The van der Waals surface area contributed by atoms with Crippen LogP contribution in [0.25, 0.3) is 0 Å². The Morgan fingerprint density at radius 2 is 1.86 bits per heavy atom. The molecule has 0 aromatic carbocycles. The molecule has 2 aliphatic heterocycles. The maximum absolute atomic E-state index is 12.4. The van der Waals surface area contributed by atoms with E-state index in [2.05, 4.69) is 5.32 Å². The molecule has 2 saturated heterocycles. The van der Waals surface area contributed by atoms with Crippen molar-refractivity contribution in [2.75, 3.05) is 46.3 Å². The number of likely N-dealkylation sites (N-methyl/N-ethyl adjacent to an activating group) is 2. The Morgan fingerprint density at radius 1 is 1.19 bits per heavy atom. The minimum Gasteiger partial charge on any atom is -0.337 e. The number of piperazine rings is 1. The van der Waals surface area contributed by atoms with E-state index >= 15 is 0 Å². The SMILES string of the molecule is CCN1CCN(CC(=O)N2CCCC2CNC)C(=O)C1=O. The molecule has 1 unspecified atom stereocenters. The zero-order valence-electron chi connectivity index (χ0n) is 12.8. The first-order chi connectivity index (χ1) is 10.1. The van der Waals surface area contributed by atoms with Gasteiger partial charge in [-0.05, 0) is 26.8 Å². The van der Waals surface area contributed by atoms with Crippen LogP contribution in [0.2, 0.25) is 0 Å². The Hall–Kier alpha value is -1.63. The van der Waals surface area contributed by atoms with Crippen molar-refractivity contribution in [3.8, 4) is 0 Å². The number of nitrogens with zero attached hydrogens (tertiary/aromatic N) is 3. The minimum atomic E-state index is -0.555. The van der Waals surface area contributed by atoms with E-state index in [0.717, 1.165) is 25.9 Å². The van der Waals surface area contributed by atoms with Crippen molar-refractivity contribution in [1.29, 1.82) is 0 Å². The fourth-order valence-corrected chi connectivity index (χ4v) is 3.03. The first kappa shape index (κ1) is 15.8. The van der Waals surface area contributed by atoms with E-state index in [0.29, 0.717) is 19.6 Å². The maximum Gasteiger partial charge on any atom is 0.312 e. The van der Waals surface area contributed by atoms with Gasteiger partial charge in [-0.15, -0.1) is 0 Å². The molecule has 2 aliphatic rings. The molecular weight excluding hydrogens is 272 g/mol. The van der Waals surface area contributed by atoms with E-state index in [1.807, 2.05) is 18.9 Å². The molecule has 118 valence electrons. The van der Waals surface area contributed by atoms with Crippen molar-refractivity contribution < 1.29 is 14.4 Å². The van der Waals surface area contributed by atoms with Gasteiger partial charge in [0.05, 0.1) is 0 Å². The minimum absolute atomic E-state index is 0.0162. The molecule has 1 atom stereocenters. The van der Waals surface area contributed by atoms with Crippen LogP contribution in [0.15, 0.2) is 0 Å². The molecule has 0 spiro atoms. The number of carbonyl (C=O) groups excluding carboxylic acids is 3. The molecule has 0 aromatic rings. The summed E-state index contributed by atoms with van der Waals surface area (Å²) in [7, 11) is 1.87. The van der Waals surface area contributed by atoms with Crippen LogP contribution in [0, 0.1) is 0 Å². The number of nitrogens with one attached hydrogen (secondary N) is 1. The molecule has 2 fully saturated rings. The fraction of sp³-hybridized carbons (Fsp3) is 0.786. The Morgan fingerprint density at radius 3 is 2.52 bits per heavy atom. The van der Waals surface area contributed by atoms with Crippen LogP contribution < -0.4 is 5.32 Å². The lowest BCUT2D eigenvalue weighted by molar-refractivity contribution is -0.157. The normalized spacial score (nSPS) is 23.1. The van der Waals surface area contributed by atoms with E-state index in [4.69, 9.17) is 0 Å². The van der Waals surface area contributed by atoms with E-state index < -0.39 is 11.8 Å². The summed E-state index contributed by atoms with van der Waals surface area (Å²) in [6.45, 7) is 4.84. The molecule has 1 N–H and O–H groups in total. The molecule has 0 aliphatic carbocycles. The van der Waals surface area contributed by atoms with E-state index in [9.17, 15) is 14.4 Å². The van der Waals surface area contributed by atoms with Crippen LogP contribution in [0.5, 0.6) is 0 Å². The molecule has 0 bridgehead atoms. The lowest BCUT2D eigenvalue weighted by Gasteiger charge is -2.34. The van der Waals surface area contributed by atoms with Gasteiger partial charge in [0.2, 0.25) is 5.91 Å². The standard InChI is InChI=1S/C14H24N4O3/c1-3-16-7-8-17(14(21)13(16)20)10-12(19)18-6-4-5-11(18)9-15-2/h11,15H,3-10H2,1-2H3.